The first-order valence-corrected chi connectivity index (χ1v) is 9.65. The Hall–Kier alpha value is -0.180. The lowest BCUT2D eigenvalue weighted by atomic mass is 10.0. The molecule has 25 heavy (non-hydrogen) atoms. The van der Waals surface area contributed by atoms with Crippen LogP contribution in [-0.2, 0) is 0 Å². The van der Waals surface area contributed by atoms with E-state index in [1.54, 1.807) is 7.05 Å². The molecule has 4 nitrogen and oxygen atoms in total. The number of nitrogens with one attached hydrogen (secondary N) is 2. The minimum absolute atomic E-state index is 0. The van der Waals surface area contributed by atoms with E-state index in [1.807, 2.05) is 4.90 Å². The van der Waals surface area contributed by atoms with Crippen LogP contribution in [0.2, 0.25) is 0 Å². The molecule has 2 rings (SSSR count). The van der Waals surface area contributed by atoms with E-state index in [0.29, 0.717) is 6.04 Å². The Morgan fingerprint density at radius 2 is 1.80 bits per heavy atom. The summed E-state index contributed by atoms with van der Waals surface area (Å²) in [6.45, 7) is 2.33. The van der Waals surface area contributed by atoms with E-state index in [2.05, 4.69) is 15.6 Å². The van der Waals surface area contributed by atoms with Crippen LogP contribution in [0.4, 0.5) is 8.78 Å². The van der Waals surface area contributed by atoms with Gasteiger partial charge in [0, 0.05) is 32.7 Å². The molecule has 148 valence electrons. The largest absolute Gasteiger partial charge is 0.356 e. The smallest absolute Gasteiger partial charge is 0.251 e. The number of likely N-dealkylation sites (tertiary alicyclic amines) is 1. The lowest BCUT2D eigenvalue weighted by Gasteiger charge is -2.32. The Morgan fingerprint density at radius 3 is 2.40 bits per heavy atom. The van der Waals surface area contributed by atoms with Crippen molar-refractivity contribution in [3.05, 3.63) is 0 Å². The molecule has 0 unspecified atom stereocenters. The van der Waals surface area contributed by atoms with Crippen LogP contribution in [0.1, 0.15) is 57.8 Å². The van der Waals surface area contributed by atoms with Gasteiger partial charge in [-0.15, -0.1) is 24.0 Å². The lowest BCUT2D eigenvalue weighted by molar-refractivity contribution is 0.0744. The van der Waals surface area contributed by atoms with Crippen molar-refractivity contribution >= 4 is 29.9 Å². The second kappa shape index (κ2) is 13.1. The molecule has 7 heteroatoms. The van der Waals surface area contributed by atoms with Gasteiger partial charge in [-0.25, -0.2) is 8.78 Å². The molecule has 1 heterocycles. The average Bonchev–Trinajstić information content (AvgIpc) is 3.08. The number of halogens is 3. The highest BCUT2D eigenvalue weighted by atomic mass is 127. The van der Waals surface area contributed by atoms with E-state index in [9.17, 15) is 8.78 Å². The van der Waals surface area contributed by atoms with Crippen LogP contribution in [0.5, 0.6) is 0 Å². The molecule has 0 atom stereocenters. The summed E-state index contributed by atoms with van der Waals surface area (Å²) in [6.07, 6.45) is 9.13. The molecule has 0 aromatic heterocycles. The molecule has 0 aromatic carbocycles. The molecule has 1 saturated heterocycles. The normalized spacial score (nSPS) is 20.7. The summed E-state index contributed by atoms with van der Waals surface area (Å²) in [4.78, 5) is 6.13. The monoisotopic (exact) mass is 472 g/mol. The highest BCUT2D eigenvalue weighted by Gasteiger charge is 2.21. The third-order valence-electron chi connectivity index (χ3n) is 5.35. The molecule has 0 aromatic rings. The number of alkyl halides is 2. The van der Waals surface area contributed by atoms with Crippen molar-refractivity contribution in [3.63, 3.8) is 0 Å². The number of aliphatic imine (C=N–C) groups is 1. The zero-order chi connectivity index (χ0) is 17.2. The number of hydrogen-bond donors (Lipinski definition) is 2. The van der Waals surface area contributed by atoms with Gasteiger partial charge in [-0.2, -0.15) is 0 Å². The van der Waals surface area contributed by atoms with E-state index in [1.165, 1.54) is 44.9 Å². The molecule has 0 amide bonds. The van der Waals surface area contributed by atoms with E-state index in [4.69, 9.17) is 0 Å². The van der Waals surface area contributed by atoms with Gasteiger partial charge < -0.3 is 10.6 Å². The van der Waals surface area contributed by atoms with Gasteiger partial charge in [0.25, 0.3) is 6.43 Å². The Balaban J connectivity index is 0.00000312. The van der Waals surface area contributed by atoms with E-state index < -0.39 is 6.43 Å². The van der Waals surface area contributed by atoms with Crippen molar-refractivity contribution in [1.29, 1.82) is 0 Å². The van der Waals surface area contributed by atoms with Gasteiger partial charge in [0.05, 0.1) is 6.54 Å². The number of rotatable bonds is 8. The molecule has 0 bridgehead atoms. The topological polar surface area (TPSA) is 39.7 Å². The van der Waals surface area contributed by atoms with Crippen molar-refractivity contribution in [1.82, 2.24) is 15.5 Å². The van der Waals surface area contributed by atoms with Gasteiger partial charge in [-0.1, -0.05) is 38.5 Å². The van der Waals surface area contributed by atoms with Gasteiger partial charge in [-0.3, -0.25) is 9.89 Å². The molecule has 0 radical (unpaired) electrons. The molecule has 2 aliphatic rings. The van der Waals surface area contributed by atoms with Crippen molar-refractivity contribution in [2.24, 2.45) is 10.9 Å². The Labute approximate surface area is 168 Å². The van der Waals surface area contributed by atoms with Crippen molar-refractivity contribution in [2.75, 3.05) is 33.2 Å². The number of nitrogens with zero attached hydrogens (tertiary/aromatic N) is 2. The average molecular weight is 472 g/mol. The van der Waals surface area contributed by atoms with Crippen molar-refractivity contribution in [2.45, 2.75) is 70.3 Å². The second-order valence-corrected chi connectivity index (χ2v) is 7.26. The minimum atomic E-state index is -2.23. The van der Waals surface area contributed by atoms with Crippen molar-refractivity contribution in [3.8, 4) is 0 Å². The highest BCUT2D eigenvalue weighted by Crippen LogP contribution is 2.28. The SMILES string of the molecule is CN=C(NCCCCC1CCCC1)NC1CCN(CC(F)F)CC1.I. The summed E-state index contributed by atoms with van der Waals surface area (Å²) in [7, 11) is 1.79. The van der Waals surface area contributed by atoms with Gasteiger partial charge in [0.15, 0.2) is 5.96 Å². The number of guanidine groups is 1. The quantitative estimate of drug-likeness (QED) is 0.244. The van der Waals surface area contributed by atoms with E-state index in [0.717, 1.165) is 44.4 Å². The summed E-state index contributed by atoms with van der Waals surface area (Å²) in [5, 5.41) is 6.83. The lowest BCUT2D eigenvalue weighted by Crippen LogP contribution is -2.49. The van der Waals surface area contributed by atoms with Crippen LogP contribution >= 0.6 is 24.0 Å². The number of hydrogen-bond acceptors (Lipinski definition) is 2. The predicted molar refractivity (Wildman–Crippen MR) is 111 cm³/mol. The predicted octanol–water partition coefficient (Wildman–Crippen LogP) is 3.86. The summed E-state index contributed by atoms with van der Waals surface area (Å²) in [6, 6.07) is 0.337. The Bertz CT molecular complexity index is 368. The number of unbranched alkanes of at least 4 members (excludes halogenated alkanes) is 1. The Kier molecular flexibility index (Phi) is 11.9. The van der Waals surface area contributed by atoms with Gasteiger partial charge >= 0.3 is 0 Å². The van der Waals surface area contributed by atoms with Crippen LogP contribution in [0.25, 0.3) is 0 Å². The van der Waals surface area contributed by atoms with Crippen molar-refractivity contribution < 1.29 is 8.78 Å². The molecule has 0 spiro atoms. The van der Waals surface area contributed by atoms with Crippen LogP contribution in [0.3, 0.4) is 0 Å². The van der Waals surface area contributed by atoms with Crippen LogP contribution < -0.4 is 10.6 Å². The van der Waals surface area contributed by atoms with Gasteiger partial charge in [0.2, 0.25) is 0 Å². The summed E-state index contributed by atoms with van der Waals surface area (Å²) >= 11 is 0. The maximum atomic E-state index is 12.4. The summed E-state index contributed by atoms with van der Waals surface area (Å²) < 4.78 is 24.8. The highest BCUT2D eigenvalue weighted by molar-refractivity contribution is 14.0. The van der Waals surface area contributed by atoms with Crippen LogP contribution in [0, 0.1) is 5.92 Å². The van der Waals surface area contributed by atoms with Gasteiger partial charge in [0.1, 0.15) is 0 Å². The Morgan fingerprint density at radius 1 is 1.12 bits per heavy atom. The number of piperidine rings is 1. The fourth-order valence-corrected chi connectivity index (χ4v) is 3.91. The first-order valence-electron chi connectivity index (χ1n) is 9.65. The molecule has 2 fully saturated rings. The van der Waals surface area contributed by atoms with E-state index in [-0.39, 0.29) is 30.5 Å². The molecule has 2 N–H and O–H groups in total. The first-order chi connectivity index (χ1) is 11.7. The maximum absolute atomic E-state index is 12.4. The zero-order valence-electron chi connectivity index (χ0n) is 15.5. The molecular weight excluding hydrogens is 437 g/mol. The fraction of sp³-hybridized carbons (Fsp3) is 0.944. The minimum Gasteiger partial charge on any atom is -0.356 e. The first kappa shape index (κ1) is 22.9. The third-order valence-corrected chi connectivity index (χ3v) is 5.35. The summed E-state index contributed by atoms with van der Waals surface area (Å²) in [5.74, 6) is 1.82. The molecule has 1 saturated carbocycles. The second-order valence-electron chi connectivity index (χ2n) is 7.26. The third kappa shape index (κ3) is 9.35. The van der Waals surface area contributed by atoms with E-state index >= 15 is 0 Å². The summed E-state index contributed by atoms with van der Waals surface area (Å²) in [5.41, 5.74) is 0. The van der Waals surface area contributed by atoms with Crippen LogP contribution in [-0.4, -0.2) is 56.6 Å². The standard InChI is InChI=1S/C18H34F2N4.HI/c1-21-18(22-11-5-4-8-15-6-2-3-7-15)23-16-9-12-24(13-10-16)14-17(19)20;/h15-17H,2-14H2,1H3,(H2,21,22,23);1H. The molecular formula is C18H35F2IN4. The maximum Gasteiger partial charge on any atom is 0.251 e. The fourth-order valence-electron chi connectivity index (χ4n) is 3.91. The molecule has 1 aliphatic carbocycles. The van der Waals surface area contributed by atoms with Crippen LogP contribution in [0.15, 0.2) is 4.99 Å². The molecule has 1 aliphatic heterocycles. The zero-order valence-corrected chi connectivity index (χ0v) is 17.8. The van der Waals surface area contributed by atoms with Gasteiger partial charge in [-0.05, 0) is 25.2 Å².